The Morgan fingerprint density at radius 1 is 1.29 bits per heavy atom. The third-order valence-electron chi connectivity index (χ3n) is 4.24. The summed E-state index contributed by atoms with van der Waals surface area (Å²) in [5.41, 5.74) is 2.21. The van der Waals surface area contributed by atoms with E-state index < -0.39 is 0 Å². The second-order valence-electron chi connectivity index (χ2n) is 5.51. The van der Waals surface area contributed by atoms with Crippen LogP contribution < -0.4 is 5.32 Å². The highest BCUT2D eigenvalue weighted by Gasteiger charge is 2.24. The van der Waals surface area contributed by atoms with E-state index >= 15 is 0 Å². The predicted molar refractivity (Wildman–Crippen MR) is 84.2 cm³/mol. The SMILES string of the molecule is CCC(CC)(CO)CNc1cccc(Cn2cncn2)c1. The maximum absolute atomic E-state index is 9.62. The van der Waals surface area contributed by atoms with Gasteiger partial charge in [-0.3, -0.25) is 0 Å². The molecule has 1 aromatic heterocycles. The Morgan fingerprint density at radius 3 is 2.71 bits per heavy atom. The first-order valence-electron chi connectivity index (χ1n) is 7.47. The van der Waals surface area contributed by atoms with Crippen LogP contribution in [0.2, 0.25) is 0 Å². The molecule has 0 amide bonds. The van der Waals surface area contributed by atoms with Gasteiger partial charge in [0.1, 0.15) is 12.7 Å². The first kappa shape index (κ1) is 15.5. The van der Waals surface area contributed by atoms with Crippen molar-refractivity contribution in [2.24, 2.45) is 5.41 Å². The van der Waals surface area contributed by atoms with Crippen molar-refractivity contribution < 1.29 is 5.11 Å². The predicted octanol–water partition coefficient (Wildman–Crippen LogP) is 2.54. The number of aromatic nitrogens is 3. The van der Waals surface area contributed by atoms with Crippen molar-refractivity contribution in [2.75, 3.05) is 18.5 Å². The Balaban J connectivity index is 2.01. The molecule has 0 aliphatic carbocycles. The summed E-state index contributed by atoms with van der Waals surface area (Å²) in [6, 6.07) is 8.28. The Hall–Kier alpha value is -1.88. The molecule has 0 spiro atoms. The molecule has 0 saturated carbocycles. The number of aliphatic hydroxyl groups excluding tert-OH is 1. The molecule has 5 nitrogen and oxygen atoms in total. The summed E-state index contributed by atoms with van der Waals surface area (Å²) in [6.45, 7) is 5.96. The minimum Gasteiger partial charge on any atom is -0.396 e. The molecule has 0 aliphatic heterocycles. The van der Waals surface area contributed by atoms with E-state index in [1.54, 1.807) is 17.3 Å². The number of hydrogen-bond donors (Lipinski definition) is 2. The Labute approximate surface area is 126 Å². The minimum absolute atomic E-state index is 0.0398. The van der Waals surface area contributed by atoms with Gasteiger partial charge in [0, 0.05) is 17.6 Å². The third kappa shape index (κ3) is 4.04. The summed E-state index contributed by atoms with van der Waals surface area (Å²) in [5.74, 6) is 0. The Morgan fingerprint density at radius 2 is 2.10 bits per heavy atom. The molecule has 0 radical (unpaired) electrons. The highest BCUT2D eigenvalue weighted by Crippen LogP contribution is 2.26. The number of aliphatic hydroxyl groups is 1. The van der Waals surface area contributed by atoms with Gasteiger partial charge in [0.05, 0.1) is 13.2 Å². The lowest BCUT2D eigenvalue weighted by atomic mass is 9.83. The van der Waals surface area contributed by atoms with E-state index in [4.69, 9.17) is 0 Å². The molecule has 1 aromatic carbocycles. The molecule has 2 N–H and O–H groups in total. The summed E-state index contributed by atoms with van der Waals surface area (Å²) in [7, 11) is 0. The minimum atomic E-state index is -0.0398. The molecule has 2 aromatic rings. The van der Waals surface area contributed by atoms with Crippen LogP contribution in [0, 0.1) is 5.41 Å². The van der Waals surface area contributed by atoms with Gasteiger partial charge in [-0.05, 0) is 30.5 Å². The smallest absolute Gasteiger partial charge is 0.137 e. The van der Waals surface area contributed by atoms with Crippen molar-refractivity contribution in [3.8, 4) is 0 Å². The number of benzene rings is 1. The number of nitrogens with one attached hydrogen (secondary N) is 1. The van der Waals surface area contributed by atoms with Gasteiger partial charge in [0.2, 0.25) is 0 Å². The van der Waals surface area contributed by atoms with Gasteiger partial charge in [0.25, 0.3) is 0 Å². The first-order valence-corrected chi connectivity index (χ1v) is 7.47. The Bertz CT molecular complexity index is 527. The molecule has 0 fully saturated rings. The van der Waals surface area contributed by atoms with Crippen molar-refractivity contribution in [1.82, 2.24) is 14.8 Å². The molecular formula is C16H24N4O. The van der Waals surface area contributed by atoms with Crippen LogP contribution in [0.4, 0.5) is 5.69 Å². The fraction of sp³-hybridized carbons (Fsp3) is 0.500. The van der Waals surface area contributed by atoms with Crippen LogP contribution in [0.5, 0.6) is 0 Å². The van der Waals surface area contributed by atoms with Crippen LogP contribution in [0.15, 0.2) is 36.9 Å². The summed E-state index contributed by atoms with van der Waals surface area (Å²) in [6.07, 6.45) is 5.18. The van der Waals surface area contributed by atoms with Crippen molar-refractivity contribution in [2.45, 2.75) is 33.2 Å². The van der Waals surface area contributed by atoms with Gasteiger partial charge in [-0.15, -0.1) is 0 Å². The number of rotatable bonds is 8. The van der Waals surface area contributed by atoms with Crippen molar-refractivity contribution >= 4 is 5.69 Å². The summed E-state index contributed by atoms with van der Waals surface area (Å²) < 4.78 is 1.80. The topological polar surface area (TPSA) is 63.0 Å². The lowest BCUT2D eigenvalue weighted by Gasteiger charge is -2.30. The number of hydrogen-bond acceptors (Lipinski definition) is 4. The van der Waals surface area contributed by atoms with Crippen molar-refractivity contribution in [1.29, 1.82) is 0 Å². The maximum Gasteiger partial charge on any atom is 0.137 e. The second kappa shape index (κ2) is 7.22. The van der Waals surface area contributed by atoms with Gasteiger partial charge < -0.3 is 10.4 Å². The fourth-order valence-corrected chi connectivity index (χ4v) is 2.35. The number of anilines is 1. The standard InChI is InChI=1S/C16H24N4O/c1-3-16(4-2,11-21)10-18-15-7-5-6-14(8-15)9-20-13-17-12-19-20/h5-8,12-13,18,21H,3-4,9-11H2,1-2H3. The average Bonchev–Trinajstić information content (AvgIpc) is 3.03. The average molecular weight is 288 g/mol. The van der Waals surface area contributed by atoms with E-state index in [-0.39, 0.29) is 12.0 Å². The van der Waals surface area contributed by atoms with E-state index in [1.165, 1.54) is 5.56 Å². The molecule has 0 bridgehead atoms. The van der Waals surface area contributed by atoms with Gasteiger partial charge >= 0.3 is 0 Å². The largest absolute Gasteiger partial charge is 0.396 e. The van der Waals surface area contributed by atoms with Crippen LogP contribution in [0.25, 0.3) is 0 Å². The van der Waals surface area contributed by atoms with Crippen LogP contribution in [0.1, 0.15) is 32.3 Å². The van der Waals surface area contributed by atoms with E-state index in [9.17, 15) is 5.11 Å². The van der Waals surface area contributed by atoms with Crippen LogP contribution >= 0.6 is 0 Å². The normalized spacial score (nSPS) is 11.6. The summed E-state index contributed by atoms with van der Waals surface area (Å²) in [4.78, 5) is 3.95. The van der Waals surface area contributed by atoms with E-state index in [1.807, 2.05) is 6.07 Å². The van der Waals surface area contributed by atoms with Gasteiger partial charge in [-0.2, -0.15) is 5.10 Å². The lowest BCUT2D eigenvalue weighted by Crippen LogP contribution is -2.32. The van der Waals surface area contributed by atoms with Gasteiger partial charge in [-0.1, -0.05) is 26.0 Å². The molecule has 2 rings (SSSR count). The highest BCUT2D eigenvalue weighted by atomic mass is 16.3. The number of nitrogens with zero attached hydrogens (tertiary/aromatic N) is 3. The zero-order chi connectivity index (χ0) is 15.1. The third-order valence-corrected chi connectivity index (χ3v) is 4.24. The molecule has 0 saturated heterocycles. The fourth-order valence-electron chi connectivity index (χ4n) is 2.35. The van der Waals surface area contributed by atoms with Crippen LogP contribution in [-0.4, -0.2) is 33.0 Å². The van der Waals surface area contributed by atoms with Crippen molar-refractivity contribution in [3.63, 3.8) is 0 Å². The second-order valence-corrected chi connectivity index (χ2v) is 5.51. The monoisotopic (exact) mass is 288 g/mol. The van der Waals surface area contributed by atoms with E-state index in [2.05, 4.69) is 47.4 Å². The molecule has 21 heavy (non-hydrogen) atoms. The molecule has 0 atom stereocenters. The first-order chi connectivity index (χ1) is 10.2. The van der Waals surface area contributed by atoms with E-state index in [0.717, 1.165) is 25.1 Å². The van der Waals surface area contributed by atoms with Crippen LogP contribution in [0.3, 0.4) is 0 Å². The lowest BCUT2D eigenvalue weighted by molar-refractivity contribution is 0.127. The summed E-state index contributed by atoms with van der Waals surface area (Å²) >= 11 is 0. The molecule has 5 heteroatoms. The summed E-state index contributed by atoms with van der Waals surface area (Å²) in [5, 5.41) is 17.2. The Kier molecular flexibility index (Phi) is 5.33. The van der Waals surface area contributed by atoms with Gasteiger partial charge in [0.15, 0.2) is 0 Å². The van der Waals surface area contributed by atoms with Gasteiger partial charge in [-0.25, -0.2) is 9.67 Å². The zero-order valence-electron chi connectivity index (χ0n) is 12.8. The molecule has 114 valence electrons. The molecule has 1 heterocycles. The molecule has 0 unspecified atom stereocenters. The highest BCUT2D eigenvalue weighted by molar-refractivity contribution is 5.46. The van der Waals surface area contributed by atoms with E-state index in [0.29, 0.717) is 6.54 Å². The zero-order valence-corrected chi connectivity index (χ0v) is 12.8. The molecule has 0 aliphatic rings. The quantitative estimate of drug-likeness (QED) is 0.783. The van der Waals surface area contributed by atoms with Crippen molar-refractivity contribution in [3.05, 3.63) is 42.5 Å². The molecular weight excluding hydrogens is 264 g/mol. The van der Waals surface area contributed by atoms with Crippen LogP contribution in [-0.2, 0) is 6.54 Å². The maximum atomic E-state index is 9.62.